The van der Waals surface area contributed by atoms with Gasteiger partial charge in [0, 0.05) is 24.4 Å². The molecule has 1 fully saturated rings. The second-order valence-corrected chi connectivity index (χ2v) is 4.24. The summed E-state index contributed by atoms with van der Waals surface area (Å²) in [7, 11) is 2.09. The molecule has 11 heavy (non-hydrogen) atoms. The van der Waals surface area contributed by atoms with Crippen molar-refractivity contribution in [2.45, 2.75) is 32.7 Å². The SMILES string of the molecule is CC1CN(C)C(C)(C)CC1=O. The highest BCUT2D eigenvalue weighted by atomic mass is 16.1. The standard InChI is InChI=1S/C9H17NO/c1-7-6-10(4)9(2,3)5-8(7)11/h7H,5-6H2,1-4H3. The van der Waals surface area contributed by atoms with E-state index < -0.39 is 0 Å². The van der Waals surface area contributed by atoms with Crippen molar-refractivity contribution >= 4 is 5.78 Å². The largest absolute Gasteiger partial charge is 0.300 e. The van der Waals surface area contributed by atoms with Gasteiger partial charge in [0.2, 0.25) is 0 Å². The van der Waals surface area contributed by atoms with Crippen molar-refractivity contribution in [3.63, 3.8) is 0 Å². The molecule has 0 saturated carbocycles. The normalized spacial score (nSPS) is 32.4. The zero-order valence-corrected chi connectivity index (χ0v) is 7.85. The van der Waals surface area contributed by atoms with E-state index in [-0.39, 0.29) is 11.5 Å². The minimum absolute atomic E-state index is 0.0730. The fourth-order valence-corrected chi connectivity index (χ4v) is 1.50. The molecular weight excluding hydrogens is 138 g/mol. The summed E-state index contributed by atoms with van der Waals surface area (Å²) in [5.74, 6) is 0.640. The van der Waals surface area contributed by atoms with E-state index in [1.54, 1.807) is 0 Å². The zero-order valence-electron chi connectivity index (χ0n) is 7.85. The van der Waals surface area contributed by atoms with Gasteiger partial charge in [0.05, 0.1) is 0 Å². The molecule has 0 aromatic heterocycles. The fraction of sp³-hybridized carbons (Fsp3) is 0.889. The van der Waals surface area contributed by atoms with Gasteiger partial charge in [0.25, 0.3) is 0 Å². The van der Waals surface area contributed by atoms with Crippen molar-refractivity contribution in [2.75, 3.05) is 13.6 Å². The Kier molecular flexibility index (Phi) is 2.06. The second kappa shape index (κ2) is 2.59. The van der Waals surface area contributed by atoms with Crippen LogP contribution in [0.1, 0.15) is 27.2 Å². The monoisotopic (exact) mass is 155 g/mol. The molecule has 0 spiro atoms. The molecule has 0 aromatic carbocycles. The lowest BCUT2D eigenvalue weighted by molar-refractivity contribution is -0.129. The predicted molar refractivity (Wildman–Crippen MR) is 45.5 cm³/mol. The molecule has 2 heteroatoms. The number of piperidine rings is 1. The van der Waals surface area contributed by atoms with E-state index in [9.17, 15) is 4.79 Å². The smallest absolute Gasteiger partial charge is 0.138 e. The maximum Gasteiger partial charge on any atom is 0.138 e. The summed E-state index contributed by atoms with van der Waals surface area (Å²) < 4.78 is 0. The Morgan fingerprint density at radius 1 is 1.55 bits per heavy atom. The summed E-state index contributed by atoms with van der Waals surface area (Å²) in [5, 5.41) is 0. The van der Waals surface area contributed by atoms with Crippen LogP contribution in [0, 0.1) is 5.92 Å². The van der Waals surface area contributed by atoms with Crippen LogP contribution in [0.25, 0.3) is 0 Å². The number of carbonyl (C=O) groups is 1. The Bertz CT molecular complexity index is 174. The van der Waals surface area contributed by atoms with Gasteiger partial charge in [-0.25, -0.2) is 0 Å². The molecule has 1 aliphatic rings. The average Bonchev–Trinajstić information content (AvgIpc) is 1.83. The molecule has 64 valence electrons. The Morgan fingerprint density at radius 2 is 2.09 bits per heavy atom. The van der Waals surface area contributed by atoms with E-state index in [0.29, 0.717) is 12.2 Å². The van der Waals surface area contributed by atoms with Crippen molar-refractivity contribution in [2.24, 2.45) is 5.92 Å². The first-order valence-electron chi connectivity index (χ1n) is 4.17. The minimum atomic E-state index is 0.0730. The maximum atomic E-state index is 11.3. The van der Waals surface area contributed by atoms with Gasteiger partial charge < -0.3 is 4.90 Å². The van der Waals surface area contributed by atoms with Crippen molar-refractivity contribution < 1.29 is 4.79 Å². The molecule has 0 N–H and O–H groups in total. The third-order valence-corrected chi connectivity index (χ3v) is 2.74. The van der Waals surface area contributed by atoms with Crippen LogP contribution in [0.5, 0.6) is 0 Å². The van der Waals surface area contributed by atoms with Crippen LogP contribution < -0.4 is 0 Å². The highest BCUT2D eigenvalue weighted by Crippen LogP contribution is 2.25. The first-order valence-corrected chi connectivity index (χ1v) is 4.17. The van der Waals surface area contributed by atoms with E-state index >= 15 is 0 Å². The molecule has 1 unspecified atom stereocenters. The summed E-state index contributed by atoms with van der Waals surface area (Å²) in [6.07, 6.45) is 0.699. The van der Waals surface area contributed by atoms with Crippen LogP contribution in [0.2, 0.25) is 0 Å². The van der Waals surface area contributed by atoms with E-state index in [0.717, 1.165) is 6.54 Å². The molecule has 1 heterocycles. The lowest BCUT2D eigenvalue weighted by atomic mass is 9.85. The molecule has 0 amide bonds. The second-order valence-electron chi connectivity index (χ2n) is 4.24. The van der Waals surface area contributed by atoms with Gasteiger partial charge in [-0.05, 0) is 20.9 Å². The van der Waals surface area contributed by atoms with Gasteiger partial charge in [-0.2, -0.15) is 0 Å². The Balaban J connectivity index is 2.70. The Hall–Kier alpha value is -0.370. The average molecular weight is 155 g/mol. The number of likely N-dealkylation sites (tertiary alicyclic amines) is 1. The Labute approximate surface area is 68.6 Å². The van der Waals surface area contributed by atoms with Gasteiger partial charge in [0.1, 0.15) is 5.78 Å². The van der Waals surface area contributed by atoms with Gasteiger partial charge >= 0.3 is 0 Å². The lowest BCUT2D eigenvalue weighted by Crippen LogP contribution is -2.51. The third kappa shape index (κ3) is 1.62. The molecule has 1 atom stereocenters. The van der Waals surface area contributed by atoms with E-state index in [4.69, 9.17) is 0 Å². The van der Waals surface area contributed by atoms with Crippen LogP contribution in [0.3, 0.4) is 0 Å². The molecule has 1 aliphatic heterocycles. The molecule has 1 saturated heterocycles. The summed E-state index contributed by atoms with van der Waals surface area (Å²) in [6.45, 7) is 7.16. The third-order valence-electron chi connectivity index (χ3n) is 2.74. The predicted octanol–water partition coefficient (Wildman–Crippen LogP) is 1.31. The summed E-state index contributed by atoms with van der Waals surface area (Å²) in [4.78, 5) is 13.6. The van der Waals surface area contributed by atoms with E-state index in [1.807, 2.05) is 6.92 Å². The number of ketones is 1. The van der Waals surface area contributed by atoms with Crippen LogP contribution in [0.4, 0.5) is 0 Å². The van der Waals surface area contributed by atoms with Crippen LogP contribution in [-0.2, 0) is 4.79 Å². The number of hydrogen-bond donors (Lipinski definition) is 0. The van der Waals surface area contributed by atoms with Gasteiger partial charge in [-0.3, -0.25) is 4.79 Å². The first-order chi connectivity index (χ1) is 4.93. The number of Topliss-reactive ketones (excluding diaryl/α,β-unsaturated/α-hetero) is 1. The highest BCUT2D eigenvalue weighted by Gasteiger charge is 2.34. The van der Waals surface area contributed by atoms with Gasteiger partial charge in [-0.15, -0.1) is 0 Å². The fourth-order valence-electron chi connectivity index (χ4n) is 1.50. The summed E-state index contributed by atoms with van der Waals surface area (Å²) >= 11 is 0. The van der Waals surface area contributed by atoms with Crippen LogP contribution in [-0.4, -0.2) is 29.8 Å². The zero-order chi connectivity index (χ0) is 8.65. The quantitative estimate of drug-likeness (QED) is 0.525. The molecule has 0 aromatic rings. The van der Waals surface area contributed by atoms with Gasteiger partial charge in [0.15, 0.2) is 0 Å². The van der Waals surface area contributed by atoms with Crippen molar-refractivity contribution in [3.8, 4) is 0 Å². The van der Waals surface area contributed by atoms with Crippen LogP contribution in [0.15, 0.2) is 0 Å². The molecule has 0 bridgehead atoms. The maximum absolute atomic E-state index is 11.3. The van der Waals surface area contributed by atoms with E-state index in [2.05, 4.69) is 25.8 Å². The number of rotatable bonds is 0. The molecule has 0 aliphatic carbocycles. The minimum Gasteiger partial charge on any atom is -0.300 e. The molecule has 0 radical (unpaired) electrons. The molecule has 2 nitrogen and oxygen atoms in total. The first kappa shape index (κ1) is 8.72. The Morgan fingerprint density at radius 3 is 2.55 bits per heavy atom. The van der Waals surface area contributed by atoms with Crippen molar-refractivity contribution in [3.05, 3.63) is 0 Å². The van der Waals surface area contributed by atoms with Crippen molar-refractivity contribution in [1.29, 1.82) is 0 Å². The number of hydrogen-bond acceptors (Lipinski definition) is 2. The van der Waals surface area contributed by atoms with Gasteiger partial charge in [-0.1, -0.05) is 6.92 Å². The lowest BCUT2D eigenvalue weighted by Gasteiger charge is -2.41. The highest BCUT2D eigenvalue weighted by molar-refractivity contribution is 5.82. The van der Waals surface area contributed by atoms with Crippen LogP contribution >= 0.6 is 0 Å². The molecular formula is C9H17NO. The number of carbonyl (C=O) groups excluding carboxylic acids is 1. The van der Waals surface area contributed by atoms with E-state index in [1.165, 1.54) is 0 Å². The number of nitrogens with zero attached hydrogens (tertiary/aromatic N) is 1. The molecule has 1 rings (SSSR count). The topological polar surface area (TPSA) is 20.3 Å². The summed E-state index contributed by atoms with van der Waals surface area (Å²) in [6, 6.07) is 0. The summed E-state index contributed by atoms with van der Waals surface area (Å²) in [5.41, 5.74) is 0.0730. The van der Waals surface area contributed by atoms with Crippen molar-refractivity contribution in [1.82, 2.24) is 4.90 Å².